The molecular weight excluding hydrogens is 326 g/mol. The van der Waals surface area contributed by atoms with Crippen LogP contribution >= 0.6 is 0 Å². The lowest BCUT2D eigenvalue weighted by atomic mass is 10.1. The Morgan fingerprint density at radius 2 is 1.73 bits per heavy atom. The monoisotopic (exact) mass is 353 g/mol. The second kappa shape index (κ2) is 7.70. The molecule has 0 radical (unpaired) electrons. The third-order valence-corrected chi connectivity index (χ3v) is 4.56. The van der Waals surface area contributed by atoms with Crippen molar-refractivity contribution in [2.24, 2.45) is 0 Å². The quantitative estimate of drug-likeness (QED) is 0.701. The van der Waals surface area contributed by atoms with Gasteiger partial charge in [-0.2, -0.15) is 0 Å². The number of nitrogens with zero attached hydrogens (tertiary/aromatic N) is 2. The van der Waals surface area contributed by atoms with E-state index in [0.29, 0.717) is 6.61 Å². The Hall–Kier alpha value is -2.66. The van der Waals surface area contributed by atoms with Gasteiger partial charge in [0.1, 0.15) is 18.1 Å². The van der Waals surface area contributed by atoms with E-state index in [4.69, 9.17) is 15.2 Å². The van der Waals surface area contributed by atoms with Crippen LogP contribution in [-0.4, -0.2) is 43.8 Å². The number of hydrogen-bond donors (Lipinski definition) is 1. The number of rotatable bonds is 7. The summed E-state index contributed by atoms with van der Waals surface area (Å²) in [6.07, 6.45) is 0. The molecule has 0 atom stereocenters. The molecule has 5 heteroatoms. The fraction of sp³-hybridized carbons (Fsp3) is 0.333. The van der Waals surface area contributed by atoms with Crippen molar-refractivity contribution in [1.82, 2.24) is 9.47 Å². The summed E-state index contributed by atoms with van der Waals surface area (Å²) >= 11 is 0. The summed E-state index contributed by atoms with van der Waals surface area (Å²) in [5.41, 5.74) is 10.5. The number of likely N-dealkylation sites (N-methyl/N-ethyl adjacent to an activating group) is 1. The minimum Gasteiger partial charge on any atom is -0.497 e. The molecule has 0 aliphatic heterocycles. The summed E-state index contributed by atoms with van der Waals surface area (Å²) in [6.45, 7) is 4.52. The first kappa shape index (κ1) is 18.1. The smallest absolute Gasteiger partial charge is 0.120 e. The zero-order chi connectivity index (χ0) is 18.7. The predicted octanol–water partition coefficient (Wildman–Crippen LogP) is 3.86. The minimum absolute atomic E-state index is 0.670. The standard InChI is InChI=1S/C21H27N3O2/c1-5-24-19-14-17(25-4)10-11-18(19)20(22)21(24)15-6-8-16(9-7-15)26-13-12-23(2)3/h6-11,14H,5,12-13,22H2,1-4H3. The lowest BCUT2D eigenvalue weighted by Crippen LogP contribution is -2.19. The van der Waals surface area contributed by atoms with Gasteiger partial charge in [-0.25, -0.2) is 0 Å². The van der Waals surface area contributed by atoms with Crippen molar-refractivity contribution < 1.29 is 9.47 Å². The zero-order valence-electron chi connectivity index (χ0n) is 16.0. The summed E-state index contributed by atoms with van der Waals surface area (Å²) in [7, 11) is 5.75. The molecule has 2 N–H and O–H groups in total. The molecule has 138 valence electrons. The van der Waals surface area contributed by atoms with E-state index in [1.807, 2.05) is 44.4 Å². The molecule has 0 fully saturated rings. The van der Waals surface area contributed by atoms with Crippen LogP contribution in [0.1, 0.15) is 6.92 Å². The molecule has 0 saturated carbocycles. The molecular formula is C21H27N3O2. The second-order valence-corrected chi connectivity index (χ2v) is 6.57. The Labute approximate surface area is 154 Å². The third kappa shape index (κ3) is 3.48. The van der Waals surface area contributed by atoms with Crippen molar-refractivity contribution in [3.8, 4) is 22.8 Å². The first-order valence-electron chi connectivity index (χ1n) is 8.88. The maximum Gasteiger partial charge on any atom is 0.120 e. The number of anilines is 1. The Bertz CT molecular complexity index is 882. The molecule has 0 aliphatic carbocycles. The van der Waals surface area contributed by atoms with Crippen LogP contribution in [0.5, 0.6) is 11.5 Å². The number of nitrogen functional groups attached to an aromatic ring is 1. The number of aromatic nitrogens is 1. The van der Waals surface area contributed by atoms with Gasteiger partial charge >= 0.3 is 0 Å². The second-order valence-electron chi connectivity index (χ2n) is 6.57. The van der Waals surface area contributed by atoms with E-state index < -0.39 is 0 Å². The highest BCUT2D eigenvalue weighted by Crippen LogP contribution is 2.38. The molecule has 0 spiro atoms. The van der Waals surface area contributed by atoms with Crippen LogP contribution in [0.4, 0.5) is 5.69 Å². The van der Waals surface area contributed by atoms with Gasteiger partial charge in [-0.3, -0.25) is 0 Å². The summed E-state index contributed by atoms with van der Waals surface area (Å²) in [6, 6.07) is 14.2. The van der Waals surface area contributed by atoms with Crippen molar-refractivity contribution in [1.29, 1.82) is 0 Å². The highest BCUT2D eigenvalue weighted by molar-refractivity contribution is 6.01. The van der Waals surface area contributed by atoms with Crippen LogP contribution in [0.3, 0.4) is 0 Å². The van der Waals surface area contributed by atoms with Crippen LogP contribution in [0.25, 0.3) is 22.2 Å². The van der Waals surface area contributed by atoms with Crippen LogP contribution in [0, 0.1) is 0 Å². The number of ether oxygens (including phenoxy) is 2. The first-order valence-corrected chi connectivity index (χ1v) is 8.88. The van der Waals surface area contributed by atoms with Gasteiger partial charge in [0, 0.05) is 30.1 Å². The van der Waals surface area contributed by atoms with Gasteiger partial charge in [0.15, 0.2) is 0 Å². The van der Waals surface area contributed by atoms with Gasteiger partial charge in [0.2, 0.25) is 0 Å². The molecule has 5 nitrogen and oxygen atoms in total. The molecule has 26 heavy (non-hydrogen) atoms. The van der Waals surface area contributed by atoms with E-state index in [1.54, 1.807) is 7.11 Å². The number of benzene rings is 2. The van der Waals surface area contributed by atoms with Gasteiger partial charge < -0.3 is 24.7 Å². The Morgan fingerprint density at radius 1 is 1.04 bits per heavy atom. The molecule has 1 aromatic heterocycles. The maximum atomic E-state index is 6.49. The highest BCUT2D eigenvalue weighted by Gasteiger charge is 2.16. The number of fused-ring (bicyclic) bond motifs is 1. The Kier molecular flexibility index (Phi) is 5.38. The summed E-state index contributed by atoms with van der Waals surface area (Å²) in [5.74, 6) is 1.70. The molecule has 3 aromatic rings. The molecule has 0 amide bonds. The van der Waals surface area contributed by atoms with Crippen molar-refractivity contribution in [3.63, 3.8) is 0 Å². The molecule has 0 unspecified atom stereocenters. The molecule has 1 heterocycles. The lowest BCUT2D eigenvalue weighted by Gasteiger charge is -2.12. The highest BCUT2D eigenvalue weighted by atomic mass is 16.5. The number of nitrogens with two attached hydrogens (primary N) is 1. The number of aryl methyl sites for hydroxylation is 1. The normalized spacial score (nSPS) is 11.3. The van der Waals surface area contributed by atoms with E-state index in [0.717, 1.165) is 52.4 Å². The van der Waals surface area contributed by atoms with E-state index in [1.165, 1.54) is 0 Å². The zero-order valence-corrected chi connectivity index (χ0v) is 16.0. The summed E-state index contributed by atoms with van der Waals surface area (Å²) in [5, 5.41) is 1.05. The first-order chi connectivity index (χ1) is 12.5. The van der Waals surface area contributed by atoms with Crippen molar-refractivity contribution in [3.05, 3.63) is 42.5 Å². The van der Waals surface area contributed by atoms with E-state index in [2.05, 4.69) is 28.5 Å². The lowest BCUT2D eigenvalue weighted by molar-refractivity contribution is 0.261. The number of methoxy groups -OCH3 is 1. The summed E-state index contributed by atoms with van der Waals surface area (Å²) in [4.78, 5) is 2.10. The van der Waals surface area contributed by atoms with Crippen LogP contribution in [0.15, 0.2) is 42.5 Å². The topological polar surface area (TPSA) is 52.7 Å². The maximum absolute atomic E-state index is 6.49. The average molecular weight is 353 g/mol. The summed E-state index contributed by atoms with van der Waals surface area (Å²) < 4.78 is 13.4. The Balaban J connectivity index is 1.95. The van der Waals surface area contributed by atoms with Crippen LogP contribution < -0.4 is 15.2 Å². The minimum atomic E-state index is 0.670. The van der Waals surface area contributed by atoms with Crippen molar-refractivity contribution in [2.75, 3.05) is 40.1 Å². The van der Waals surface area contributed by atoms with Crippen LogP contribution in [0.2, 0.25) is 0 Å². The Morgan fingerprint density at radius 3 is 2.35 bits per heavy atom. The third-order valence-electron chi connectivity index (χ3n) is 4.56. The van der Waals surface area contributed by atoms with Gasteiger partial charge in [-0.15, -0.1) is 0 Å². The van der Waals surface area contributed by atoms with E-state index >= 15 is 0 Å². The van der Waals surface area contributed by atoms with Gasteiger partial charge in [-0.1, -0.05) is 0 Å². The fourth-order valence-electron chi connectivity index (χ4n) is 3.18. The molecule has 0 aliphatic rings. The predicted molar refractivity (Wildman–Crippen MR) is 108 cm³/mol. The van der Waals surface area contributed by atoms with Crippen molar-refractivity contribution in [2.45, 2.75) is 13.5 Å². The van der Waals surface area contributed by atoms with E-state index in [9.17, 15) is 0 Å². The molecule has 2 aromatic carbocycles. The van der Waals surface area contributed by atoms with Gasteiger partial charge in [-0.05, 0) is 57.4 Å². The molecule has 0 saturated heterocycles. The van der Waals surface area contributed by atoms with Crippen molar-refractivity contribution >= 4 is 16.6 Å². The van der Waals surface area contributed by atoms with Crippen LogP contribution in [-0.2, 0) is 6.54 Å². The molecule has 0 bridgehead atoms. The van der Waals surface area contributed by atoms with E-state index in [-0.39, 0.29) is 0 Å². The van der Waals surface area contributed by atoms with Gasteiger partial charge in [0.05, 0.1) is 24.0 Å². The molecule has 3 rings (SSSR count). The van der Waals surface area contributed by atoms with Gasteiger partial charge in [0.25, 0.3) is 0 Å². The SMILES string of the molecule is CCn1c(-c2ccc(OCCN(C)C)cc2)c(N)c2ccc(OC)cc21. The fourth-order valence-corrected chi connectivity index (χ4v) is 3.18. The largest absolute Gasteiger partial charge is 0.497 e. The average Bonchev–Trinajstić information content (AvgIpc) is 2.93. The number of hydrogen-bond acceptors (Lipinski definition) is 4.